The summed E-state index contributed by atoms with van der Waals surface area (Å²) in [6, 6.07) is 11.4. The Labute approximate surface area is 136 Å². The van der Waals surface area contributed by atoms with Crippen molar-refractivity contribution in [1.29, 1.82) is 0 Å². The fraction of sp³-hybridized carbons (Fsp3) is 0.111. The number of nitrogens with one attached hydrogen (secondary N) is 2. The molecular weight excluding hydrogens is 314 g/mol. The molecule has 0 fully saturated rings. The largest absolute Gasteiger partial charge is 0.344 e. The van der Waals surface area contributed by atoms with Crippen molar-refractivity contribution in [3.05, 3.63) is 81.8 Å². The van der Waals surface area contributed by atoms with Gasteiger partial charge >= 0.3 is 0 Å². The van der Waals surface area contributed by atoms with E-state index in [0.717, 1.165) is 12.1 Å². The monoisotopic (exact) mass is 328 g/mol. The Kier molecular flexibility index (Phi) is 4.12. The highest BCUT2D eigenvalue weighted by Crippen LogP contribution is 2.17. The first-order valence-electron chi connectivity index (χ1n) is 7.33. The van der Waals surface area contributed by atoms with E-state index < -0.39 is 23.6 Å². The number of pyridine rings is 1. The van der Waals surface area contributed by atoms with Crippen LogP contribution < -0.4 is 10.9 Å². The Hall–Kier alpha value is -3.02. The van der Waals surface area contributed by atoms with Gasteiger partial charge in [-0.15, -0.1) is 0 Å². The number of H-pyrrole nitrogens is 1. The van der Waals surface area contributed by atoms with Crippen molar-refractivity contribution in [3.63, 3.8) is 0 Å². The molecule has 1 unspecified atom stereocenters. The van der Waals surface area contributed by atoms with E-state index >= 15 is 0 Å². The van der Waals surface area contributed by atoms with Gasteiger partial charge in [-0.05, 0) is 42.1 Å². The number of hydrogen-bond acceptors (Lipinski definition) is 2. The van der Waals surface area contributed by atoms with Crippen LogP contribution in [0.25, 0.3) is 10.8 Å². The molecule has 0 bridgehead atoms. The third-order valence-electron chi connectivity index (χ3n) is 3.79. The lowest BCUT2D eigenvalue weighted by atomic mass is 10.1. The molecule has 1 aromatic heterocycles. The molecule has 0 aliphatic carbocycles. The van der Waals surface area contributed by atoms with Crippen LogP contribution in [-0.2, 0) is 0 Å². The maximum Gasteiger partial charge on any atom is 0.268 e. The summed E-state index contributed by atoms with van der Waals surface area (Å²) in [6.07, 6.45) is 0. The van der Waals surface area contributed by atoms with Crippen LogP contribution in [0.15, 0.2) is 53.3 Å². The highest BCUT2D eigenvalue weighted by Gasteiger charge is 2.15. The molecule has 2 N–H and O–H groups in total. The van der Waals surface area contributed by atoms with Crippen molar-refractivity contribution in [2.75, 3.05) is 0 Å². The average Bonchev–Trinajstić information content (AvgIpc) is 2.57. The molecule has 0 aliphatic heterocycles. The number of aromatic amines is 1. The lowest BCUT2D eigenvalue weighted by Gasteiger charge is -2.14. The normalized spacial score (nSPS) is 12.1. The van der Waals surface area contributed by atoms with Crippen molar-refractivity contribution >= 4 is 16.7 Å². The summed E-state index contributed by atoms with van der Waals surface area (Å²) in [5.41, 5.74) is 0.164. The van der Waals surface area contributed by atoms with Gasteiger partial charge in [-0.25, -0.2) is 8.78 Å². The zero-order valence-corrected chi connectivity index (χ0v) is 12.8. The summed E-state index contributed by atoms with van der Waals surface area (Å²) in [4.78, 5) is 26.9. The third kappa shape index (κ3) is 3.03. The highest BCUT2D eigenvalue weighted by molar-refractivity contribution is 5.96. The second-order valence-corrected chi connectivity index (χ2v) is 5.47. The minimum absolute atomic E-state index is 0.105. The fourth-order valence-corrected chi connectivity index (χ4v) is 2.47. The summed E-state index contributed by atoms with van der Waals surface area (Å²) in [5.74, 6) is -2.43. The maximum absolute atomic E-state index is 13.3. The van der Waals surface area contributed by atoms with Crippen LogP contribution in [0.1, 0.15) is 29.0 Å². The molecule has 2 aromatic carbocycles. The van der Waals surface area contributed by atoms with Crippen molar-refractivity contribution in [3.8, 4) is 0 Å². The summed E-state index contributed by atoms with van der Waals surface area (Å²) in [5, 5.41) is 3.79. The molecule has 1 atom stereocenters. The topological polar surface area (TPSA) is 62.0 Å². The van der Waals surface area contributed by atoms with E-state index in [2.05, 4.69) is 10.3 Å². The van der Waals surface area contributed by atoms with Gasteiger partial charge in [0.1, 0.15) is 5.69 Å². The predicted molar refractivity (Wildman–Crippen MR) is 86.8 cm³/mol. The summed E-state index contributed by atoms with van der Waals surface area (Å²) in [6.45, 7) is 1.64. The summed E-state index contributed by atoms with van der Waals surface area (Å²) in [7, 11) is 0. The highest BCUT2D eigenvalue weighted by atomic mass is 19.2. The van der Waals surface area contributed by atoms with Crippen LogP contribution in [0, 0.1) is 11.6 Å². The Bertz CT molecular complexity index is 982. The number of halogens is 2. The molecule has 24 heavy (non-hydrogen) atoms. The first-order chi connectivity index (χ1) is 11.5. The van der Waals surface area contributed by atoms with Crippen LogP contribution in [0.5, 0.6) is 0 Å². The molecule has 0 saturated heterocycles. The molecule has 122 valence electrons. The Balaban J connectivity index is 1.86. The van der Waals surface area contributed by atoms with Gasteiger partial charge in [0, 0.05) is 5.39 Å². The first kappa shape index (κ1) is 15.9. The molecule has 1 amide bonds. The van der Waals surface area contributed by atoms with Gasteiger partial charge in [0.25, 0.3) is 11.5 Å². The van der Waals surface area contributed by atoms with Crippen LogP contribution in [0.3, 0.4) is 0 Å². The standard InChI is InChI=1S/C18H14F2N2O2/c1-10(11-6-7-14(19)15(20)8-11)21-18(24)16-9-12-4-2-3-5-13(12)17(23)22-16/h2-10H,1H3,(H,21,24)(H,22,23). The lowest BCUT2D eigenvalue weighted by molar-refractivity contribution is 0.0934. The minimum atomic E-state index is -0.979. The Morgan fingerprint density at radius 1 is 1.08 bits per heavy atom. The number of carbonyl (C=O) groups is 1. The van der Waals surface area contributed by atoms with Crippen LogP contribution in [-0.4, -0.2) is 10.9 Å². The van der Waals surface area contributed by atoms with E-state index in [1.807, 2.05) is 0 Å². The lowest BCUT2D eigenvalue weighted by Crippen LogP contribution is -2.29. The van der Waals surface area contributed by atoms with Gasteiger partial charge in [0.05, 0.1) is 6.04 Å². The molecule has 6 heteroatoms. The SMILES string of the molecule is CC(NC(=O)c1cc2ccccc2c(=O)[nH]1)c1ccc(F)c(F)c1. The molecule has 0 spiro atoms. The smallest absolute Gasteiger partial charge is 0.268 e. The second-order valence-electron chi connectivity index (χ2n) is 5.47. The van der Waals surface area contributed by atoms with Crippen molar-refractivity contribution < 1.29 is 13.6 Å². The van der Waals surface area contributed by atoms with Gasteiger partial charge in [-0.2, -0.15) is 0 Å². The average molecular weight is 328 g/mol. The van der Waals surface area contributed by atoms with Gasteiger partial charge in [-0.3, -0.25) is 9.59 Å². The van der Waals surface area contributed by atoms with E-state index in [-0.39, 0.29) is 11.3 Å². The van der Waals surface area contributed by atoms with Crippen LogP contribution >= 0.6 is 0 Å². The van der Waals surface area contributed by atoms with Crippen LogP contribution in [0.2, 0.25) is 0 Å². The van der Waals surface area contributed by atoms with Gasteiger partial charge in [-0.1, -0.05) is 24.3 Å². The molecule has 4 nitrogen and oxygen atoms in total. The fourth-order valence-electron chi connectivity index (χ4n) is 2.47. The van der Waals surface area contributed by atoms with E-state index in [0.29, 0.717) is 16.3 Å². The zero-order chi connectivity index (χ0) is 17.3. The number of hydrogen-bond donors (Lipinski definition) is 2. The quantitative estimate of drug-likeness (QED) is 0.775. The number of rotatable bonds is 3. The number of benzene rings is 2. The van der Waals surface area contributed by atoms with E-state index in [4.69, 9.17) is 0 Å². The van der Waals surface area contributed by atoms with Crippen molar-refractivity contribution in [2.24, 2.45) is 0 Å². The number of fused-ring (bicyclic) bond motifs is 1. The van der Waals surface area contributed by atoms with Gasteiger partial charge < -0.3 is 10.3 Å². The molecule has 3 aromatic rings. The number of aromatic nitrogens is 1. The van der Waals surface area contributed by atoms with E-state index in [1.165, 1.54) is 6.07 Å². The second kappa shape index (κ2) is 6.23. The number of carbonyl (C=O) groups excluding carboxylic acids is 1. The number of amides is 1. The van der Waals surface area contributed by atoms with Crippen molar-refractivity contribution in [1.82, 2.24) is 10.3 Å². The molecule has 1 heterocycles. The first-order valence-corrected chi connectivity index (χ1v) is 7.33. The minimum Gasteiger partial charge on any atom is -0.344 e. The predicted octanol–water partition coefficient (Wildman–Crippen LogP) is 3.30. The summed E-state index contributed by atoms with van der Waals surface area (Å²) >= 11 is 0. The zero-order valence-electron chi connectivity index (χ0n) is 12.8. The van der Waals surface area contributed by atoms with E-state index in [1.54, 1.807) is 37.3 Å². The Morgan fingerprint density at radius 3 is 2.58 bits per heavy atom. The van der Waals surface area contributed by atoms with E-state index in [9.17, 15) is 18.4 Å². The maximum atomic E-state index is 13.3. The van der Waals surface area contributed by atoms with Crippen molar-refractivity contribution in [2.45, 2.75) is 13.0 Å². The molecule has 3 rings (SSSR count). The van der Waals surface area contributed by atoms with Crippen LogP contribution in [0.4, 0.5) is 8.78 Å². The molecule has 0 radical (unpaired) electrons. The molecule has 0 aliphatic rings. The third-order valence-corrected chi connectivity index (χ3v) is 3.79. The van der Waals surface area contributed by atoms with Gasteiger partial charge in [0.2, 0.25) is 0 Å². The van der Waals surface area contributed by atoms with Gasteiger partial charge in [0.15, 0.2) is 11.6 Å². The summed E-state index contributed by atoms with van der Waals surface area (Å²) < 4.78 is 26.3. The molecular formula is C18H14F2N2O2. The molecule has 0 saturated carbocycles. The Morgan fingerprint density at radius 2 is 1.83 bits per heavy atom.